The molecule has 1 aromatic heterocycles. The van der Waals surface area contributed by atoms with Gasteiger partial charge in [-0.2, -0.15) is 0 Å². The average Bonchev–Trinajstić information content (AvgIpc) is 3.23. The molecule has 1 aliphatic heterocycles. The zero-order valence-corrected chi connectivity index (χ0v) is 15.3. The summed E-state index contributed by atoms with van der Waals surface area (Å²) in [6, 6.07) is 7.78. The molecule has 0 spiro atoms. The highest BCUT2D eigenvalue weighted by molar-refractivity contribution is 8.00. The van der Waals surface area contributed by atoms with Crippen molar-refractivity contribution in [2.24, 2.45) is 0 Å². The Labute approximate surface area is 155 Å². The third kappa shape index (κ3) is 3.44. The van der Waals surface area contributed by atoms with Crippen molar-refractivity contribution in [1.29, 1.82) is 0 Å². The molecule has 1 N–H and O–H groups in total. The van der Waals surface area contributed by atoms with E-state index in [2.05, 4.69) is 20.8 Å². The number of para-hydroxylation sites is 2. The number of carbonyl (C=O) groups is 2. The van der Waals surface area contributed by atoms with Crippen LogP contribution in [0, 0.1) is 0 Å². The van der Waals surface area contributed by atoms with Crippen LogP contribution in [0.4, 0.5) is 11.4 Å². The minimum atomic E-state index is -0.360. The molecule has 2 amide bonds. The molecule has 0 radical (unpaired) electrons. The van der Waals surface area contributed by atoms with Crippen LogP contribution in [-0.2, 0) is 9.59 Å². The fourth-order valence-electron chi connectivity index (χ4n) is 2.97. The minimum absolute atomic E-state index is 0.0951. The standard InChI is InChI=1S/C17H20N6O2S/c1-11(26-17-19-20-21-23(17)12-8-9-12)16(25)18-13-5-2-3-6-14(13)22-10-4-7-15(22)24/h2-3,5-6,11-12H,4,7-10H2,1H3,(H,18,25). The van der Waals surface area contributed by atoms with E-state index in [4.69, 9.17) is 0 Å². The van der Waals surface area contributed by atoms with Crippen LogP contribution in [0.5, 0.6) is 0 Å². The lowest BCUT2D eigenvalue weighted by atomic mass is 10.2. The SMILES string of the molecule is CC(Sc1nnnn1C1CC1)C(=O)Nc1ccccc1N1CCCC1=O. The molecule has 2 fully saturated rings. The zero-order chi connectivity index (χ0) is 18.1. The van der Waals surface area contributed by atoms with E-state index in [9.17, 15) is 9.59 Å². The van der Waals surface area contributed by atoms with Crippen molar-refractivity contribution in [3.8, 4) is 0 Å². The van der Waals surface area contributed by atoms with Gasteiger partial charge in [0.25, 0.3) is 0 Å². The number of thioether (sulfide) groups is 1. The quantitative estimate of drug-likeness (QED) is 0.782. The Kier molecular flexibility index (Phi) is 4.62. The summed E-state index contributed by atoms with van der Waals surface area (Å²) in [5.74, 6) is -0.0443. The number of aromatic nitrogens is 4. The van der Waals surface area contributed by atoms with Gasteiger partial charge in [-0.05, 0) is 48.7 Å². The lowest BCUT2D eigenvalue weighted by molar-refractivity contribution is -0.117. The summed E-state index contributed by atoms with van der Waals surface area (Å²) in [5, 5.41) is 15.0. The van der Waals surface area contributed by atoms with Gasteiger partial charge in [0.15, 0.2) is 0 Å². The zero-order valence-electron chi connectivity index (χ0n) is 14.5. The lowest BCUT2D eigenvalue weighted by Gasteiger charge is -2.20. The van der Waals surface area contributed by atoms with Gasteiger partial charge in [-0.1, -0.05) is 23.9 Å². The molecule has 1 aliphatic carbocycles. The van der Waals surface area contributed by atoms with E-state index >= 15 is 0 Å². The molecule has 2 aromatic rings. The first-order valence-electron chi connectivity index (χ1n) is 8.78. The smallest absolute Gasteiger partial charge is 0.237 e. The molecule has 1 unspecified atom stereocenters. The van der Waals surface area contributed by atoms with Crippen LogP contribution in [0.1, 0.15) is 38.6 Å². The van der Waals surface area contributed by atoms with E-state index in [0.29, 0.717) is 29.9 Å². The van der Waals surface area contributed by atoms with Crippen molar-refractivity contribution >= 4 is 35.0 Å². The molecule has 4 rings (SSSR count). The first kappa shape index (κ1) is 17.0. The number of rotatable bonds is 6. The Morgan fingerprint density at radius 2 is 2.15 bits per heavy atom. The van der Waals surface area contributed by atoms with E-state index in [1.54, 1.807) is 9.58 Å². The van der Waals surface area contributed by atoms with Gasteiger partial charge < -0.3 is 10.2 Å². The highest BCUT2D eigenvalue weighted by Crippen LogP contribution is 2.37. The van der Waals surface area contributed by atoms with Crippen molar-refractivity contribution in [1.82, 2.24) is 20.2 Å². The second-order valence-corrected chi connectivity index (χ2v) is 7.86. The number of tetrazole rings is 1. The molecule has 8 nitrogen and oxygen atoms in total. The van der Waals surface area contributed by atoms with Gasteiger partial charge in [0.05, 0.1) is 22.7 Å². The summed E-state index contributed by atoms with van der Waals surface area (Å²) in [6.45, 7) is 2.52. The van der Waals surface area contributed by atoms with Gasteiger partial charge in [0.1, 0.15) is 0 Å². The maximum Gasteiger partial charge on any atom is 0.237 e. The summed E-state index contributed by atoms with van der Waals surface area (Å²) in [4.78, 5) is 26.5. The molecule has 26 heavy (non-hydrogen) atoms. The van der Waals surface area contributed by atoms with Crippen LogP contribution >= 0.6 is 11.8 Å². The Bertz CT molecular complexity index is 834. The van der Waals surface area contributed by atoms with Crippen LogP contribution in [0.3, 0.4) is 0 Å². The van der Waals surface area contributed by atoms with E-state index in [-0.39, 0.29) is 17.1 Å². The first-order chi connectivity index (χ1) is 12.6. The van der Waals surface area contributed by atoms with Crippen LogP contribution in [0.25, 0.3) is 0 Å². The van der Waals surface area contributed by atoms with Crippen molar-refractivity contribution in [3.63, 3.8) is 0 Å². The number of nitrogens with zero attached hydrogens (tertiary/aromatic N) is 5. The fourth-order valence-corrected chi connectivity index (χ4v) is 3.83. The highest BCUT2D eigenvalue weighted by atomic mass is 32.2. The molecule has 1 saturated carbocycles. The predicted octanol–water partition coefficient (Wildman–Crippen LogP) is 2.25. The van der Waals surface area contributed by atoms with Gasteiger partial charge in [0, 0.05) is 13.0 Å². The van der Waals surface area contributed by atoms with Crippen molar-refractivity contribution in [3.05, 3.63) is 24.3 Å². The van der Waals surface area contributed by atoms with Gasteiger partial charge in [0.2, 0.25) is 17.0 Å². The van der Waals surface area contributed by atoms with Crippen LogP contribution in [0.15, 0.2) is 29.4 Å². The van der Waals surface area contributed by atoms with Crippen molar-refractivity contribution in [2.45, 2.75) is 49.1 Å². The van der Waals surface area contributed by atoms with Gasteiger partial charge in [-0.3, -0.25) is 9.59 Å². The molecule has 9 heteroatoms. The largest absolute Gasteiger partial charge is 0.323 e. The molecule has 1 saturated heterocycles. The number of amides is 2. The molecular formula is C17H20N6O2S. The third-order valence-corrected chi connectivity index (χ3v) is 5.58. The Morgan fingerprint density at radius 1 is 1.35 bits per heavy atom. The lowest BCUT2D eigenvalue weighted by Crippen LogP contribution is -2.27. The van der Waals surface area contributed by atoms with E-state index < -0.39 is 0 Å². The predicted molar refractivity (Wildman–Crippen MR) is 98.1 cm³/mol. The number of anilines is 2. The fraction of sp³-hybridized carbons (Fsp3) is 0.471. The van der Waals surface area contributed by atoms with Gasteiger partial charge >= 0.3 is 0 Å². The summed E-state index contributed by atoms with van der Waals surface area (Å²) in [7, 11) is 0. The summed E-state index contributed by atoms with van der Waals surface area (Å²) in [5.41, 5.74) is 1.41. The van der Waals surface area contributed by atoms with Crippen molar-refractivity contribution < 1.29 is 9.59 Å². The molecule has 1 aromatic carbocycles. The maximum absolute atomic E-state index is 12.7. The summed E-state index contributed by atoms with van der Waals surface area (Å²) in [6.07, 6.45) is 3.56. The third-order valence-electron chi connectivity index (χ3n) is 4.53. The van der Waals surface area contributed by atoms with Crippen LogP contribution in [0.2, 0.25) is 0 Å². The Morgan fingerprint density at radius 3 is 2.88 bits per heavy atom. The number of nitrogens with one attached hydrogen (secondary N) is 1. The average molecular weight is 372 g/mol. The monoisotopic (exact) mass is 372 g/mol. The summed E-state index contributed by atoms with van der Waals surface area (Å²) >= 11 is 1.35. The highest BCUT2D eigenvalue weighted by Gasteiger charge is 2.30. The normalized spacial score (nSPS) is 18.2. The second kappa shape index (κ2) is 7.06. The van der Waals surface area contributed by atoms with Crippen molar-refractivity contribution in [2.75, 3.05) is 16.8 Å². The maximum atomic E-state index is 12.7. The van der Waals surface area contributed by atoms with Gasteiger partial charge in [-0.15, -0.1) is 5.10 Å². The van der Waals surface area contributed by atoms with Crippen LogP contribution < -0.4 is 10.2 Å². The van der Waals surface area contributed by atoms with E-state index in [1.807, 2.05) is 31.2 Å². The van der Waals surface area contributed by atoms with Crippen LogP contribution in [-0.4, -0.2) is 43.8 Å². The Hall–Kier alpha value is -2.42. The Balaban J connectivity index is 1.46. The first-order valence-corrected chi connectivity index (χ1v) is 9.66. The summed E-state index contributed by atoms with van der Waals surface area (Å²) < 4.78 is 1.80. The second-order valence-electron chi connectivity index (χ2n) is 6.55. The van der Waals surface area contributed by atoms with E-state index in [0.717, 1.165) is 24.9 Å². The number of carbonyl (C=O) groups excluding carboxylic acids is 2. The molecule has 2 heterocycles. The molecular weight excluding hydrogens is 352 g/mol. The minimum Gasteiger partial charge on any atom is -0.323 e. The van der Waals surface area contributed by atoms with Gasteiger partial charge in [-0.25, -0.2) is 4.68 Å². The number of benzene rings is 1. The van der Waals surface area contributed by atoms with E-state index in [1.165, 1.54) is 11.8 Å². The topological polar surface area (TPSA) is 93.0 Å². The molecule has 1 atom stereocenters. The molecule has 0 bridgehead atoms. The molecule has 2 aliphatic rings. The molecule has 136 valence electrons. The number of hydrogen-bond acceptors (Lipinski definition) is 6. The number of hydrogen-bond donors (Lipinski definition) is 1.